The number of carbonyl (C=O) groups is 1. The zero-order valence-corrected chi connectivity index (χ0v) is 16.6. The van der Waals surface area contributed by atoms with Crippen molar-refractivity contribution in [2.75, 3.05) is 24.5 Å². The average molecular weight is 386 g/mol. The summed E-state index contributed by atoms with van der Waals surface area (Å²) in [7, 11) is 0. The third kappa shape index (κ3) is 4.81. The molecular formula is C24H26N4O. The molecule has 0 aliphatic carbocycles. The maximum absolute atomic E-state index is 12.7. The Morgan fingerprint density at radius 3 is 2.83 bits per heavy atom. The predicted octanol–water partition coefficient (Wildman–Crippen LogP) is 3.47. The number of aromatic nitrogens is 1. The summed E-state index contributed by atoms with van der Waals surface area (Å²) in [6.07, 6.45) is 1.72. The van der Waals surface area contributed by atoms with Crippen LogP contribution in [0.5, 0.6) is 0 Å². The van der Waals surface area contributed by atoms with Gasteiger partial charge in [-0.25, -0.2) is 4.98 Å². The molecule has 1 atom stereocenters. The lowest BCUT2D eigenvalue weighted by Gasteiger charge is -2.34. The molecule has 1 aliphatic rings. The van der Waals surface area contributed by atoms with E-state index in [4.69, 9.17) is 0 Å². The van der Waals surface area contributed by atoms with Crippen molar-refractivity contribution in [1.29, 1.82) is 0 Å². The lowest BCUT2D eigenvalue weighted by Crippen LogP contribution is -2.46. The van der Waals surface area contributed by atoms with E-state index in [-0.39, 0.29) is 11.9 Å². The van der Waals surface area contributed by atoms with Crippen LogP contribution in [0.1, 0.15) is 33.1 Å². The Morgan fingerprint density at radius 1 is 1.14 bits per heavy atom. The molecule has 2 aromatic carbocycles. The molecule has 1 aromatic heterocycles. The van der Waals surface area contributed by atoms with Crippen molar-refractivity contribution in [2.24, 2.45) is 0 Å². The first-order valence-corrected chi connectivity index (χ1v) is 10.0. The van der Waals surface area contributed by atoms with Crippen molar-refractivity contribution < 1.29 is 4.79 Å². The van der Waals surface area contributed by atoms with Gasteiger partial charge < -0.3 is 15.5 Å². The van der Waals surface area contributed by atoms with E-state index in [1.807, 2.05) is 24.3 Å². The van der Waals surface area contributed by atoms with Gasteiger partial charge in [0, 0.05) is 44.0 Å². The van der Waals surface area contributed by atoms with Crippen LogP contribution in [-0.4, -0.2) is 30.5 Å². The van der Waals surface area contributed by atoms with Crippen molar-refractivity contribution in [3.05, 3.63) is 95.2 Å². The summed E-state index contributed by atoms with van der Waals surface area (Å²) in [5.41, 5.74) is 4.19. The molecule has 3 aromatic rings. The Labute approximate surface area is 171 Å². The van der Waals surface area contributed by atoms with E-state index in [9.17, 15) is 4.79 Å². The minimum absolute atomic E-state index is 0.0788. The second kappa shape index (κ2) is 8.88. The van der Waals surface area contributed by atoms with Crippen LogP contribution in [0.2, 0.25) is 0 Å². The fraction of sp³-hybridized carbons (Fsp3) is 0.250. The minimum atomic E-state index is -0.0788. The first kappa shape index (κ1) is 19.2. The largest absolute Gasteiger partial charge is 0.353 e. The van der Waals surface area contributed by atoms with Gasteiger partial charge in [-0.1, -0.05) is 60.2 Å². The van der Waals surface area contributed by atoms with Crippen LogP contribution < -0.4 is 15.5 Å². The first-order valence-electron chi connectivity index (χ1n) is 10.0. The summed E-state index contributed by atoms with van der Waals surface area (Å²) >= 11 is 0. The SMILES string of the molecule is Cc1cccc(CNC(=O)c2ccnc(N3CCN[C@H](c4ccccc4)C3)c2)c1. The molecule has 5 heteroatoms. The maximum Gasteiger partial charge on any atom is 0.251 e. The van der Waals surface area contributed by atoms with E-state index in [1.165, 1.54) is 11.1 Å². The first-order chi connectivity index (χ1) is 14.2. The van der Waals surface area contributed by atoms with E-state index in [0.717, 1.165) is 31.0 Å². The van der Waals surface area contributed by atoms with Crippen molar-refractivity contribution in [3.63, 3.8) is 0 Å². The van der Waals surface area contributed by atoms with E-state index >= 15 is 0 Å². The quantitative estimate of drug-likeness (QED) is 0.705. The van der Waals surface area contributed by atoms with Gasteiger partial charge in [0.1, 0.15) is 5.82 Å². The Hall–Kier alpha value is -3.18. The standard InChI is InChI=1S/C24H26N4O/c1-18-6-5-7-19(14-18)16-27-24(29)21-10-11-26-23(15-21)28-13-12-25-22(17-28)20-8-3-2-4-9-20/h2-11,14-15,22,25H,12-13,16-17H2,1H3,(H,27,29)/t22-/m0/s1. The highest BCUT2D eigenvalue weighted by molar-refractivity contribution is 5.94. The van der Waals surface area contributed by atoms with Gasteiger partial charge in [0.2, 0.25) is 0 Å². The molecule has 0 bridgehead atoms. The number of hydrogen-bond acceptors (Lipinski definition) is 4. The Bertz CT molecular complexity index is 973. The highest BCUT2D eigenvalue weighted by atomic mass is 16.1. The molecule has 0 unspecified atom stereocenters. The molecule has 0 radical (unpaired) electrons. The second-order valence-electron chi connectivity index (χ2n) is 7.44. The smallest absolute Gasteiger partial charge is 0.251 e. The number of nitrogens with one attached hydrogen (secondary N) is 2. The molecule has 2 N–H and O–H groups in total. The fourth-order valence-electron chi connectivity index (χ4n) is 3.71. The number of benzene rings is 2. The minimum Gasteiger partial charge on any atom is -0.353 e. The van der Waals surface area contributed by atoms with Gasteiger partial charge >= 0.3 is 0 Å². The molecule has 29 heavy (non-hydrogen) atoms. The van der Waals surface area contributed by atoms with Crippen molar-refractivity contribution in [3.8, 4) is 0 Å². The molecule has 0 saturated carbocycles. The Morgan fingerprint density at radius 2 is 2.00 bits per heavy atom. The van der Waals surface area contributed by atoms with Gasteiger partial charge in [-0.05, 0) is 30.2 Å². The number of pyridine rings is 1. The topological polar surface area (TPSA) is 57.3 Å². The summed E-state index contributed by atoms with van der Waals surface area (Å²) in [4.78, 5) is 19.4. The number of carbonyl (C=O) groups excluding carboxylic acids is 1. The van der Waals surface area contributed by atoms with Crippen LogP contribution in [0.3, 0.4) is 0 Å². The van der Waals surface area contributed by atoms with E-state index < -0.39 is 0 Å². The molecule has 148 valence electrons. The molecule has 1 fully saturated rings. The molecule has 1 saturated heterocycles. The summed E-state index contributed by atoms with van der Waals surface area (Å²) in [6, 6.07) is 22.5. The van der Waals surface area contributed by atoms with Crippen LogP contribution in [0.25, 0.3) is 0 Å². The van der Waals surface area contributed by atoms with Gasteiger partial charge in [-0.2, -0.15) is 0 Å². The molecular weight excluding hydrogens is 360 g/mol. The molecule has 4 rings (SSSR count). The predicted molar refractivity (Wildman–Crippen MR) is 116 cm³/mol. The summed E-state index contributed by atoms with van der Waals surface area (Å²) in [6.45, 7) is 5.14. The zero-order valence-electron chi connectivity index (χ0n) is 16.6. The molecule has 2 heterocycles. The van der Waals surface area contributed by atoms with Gasteiger partial charge in [0.15, 0.2) is 0 Å². The third-order valence-corrected chi connectivity index (χ3v) is 5.24. The number of hydrogen-bond donors (Lipinski definition) is 2. The number of anilines is 1. The third-order valence-electron chi connectivity index (χ3n) is 5.24. The number of piperazine rings is 1. The second-order valence-corrected chi connectivity index (χ2v) is 7.44. The van der Waals surface area contributed by atoms with Crippen LogP contribution in [0.15, 0.2) is 72.9 Å². The van der Waals surface area contributed by atoms with Crippen LogP contribution >= 0.6 is 0 Å². The fourth-order valence-corrected chi connectivity index (χ4v) is 3.71. The van der Waals surface area contributed by atoms with Crippen LogP contribution in [0.4, 0.5) is 5.82 Å². The van der Waals surface area contributed by atoms with E-state index in [1.54, 1.807) is 12.3 Å². The van der Waals surface area contributed by atoms with Gasteiger partial charge in [-0.3, -0.25) is 4.79 Å². The normalized spacial score (nSPS) is 16.4. The Kier molecular flexibility index (Phi) is 5.86. The number of amides is 1. The van der Waals surface area contributed by atoms with E-state index in [2.05, 4.69) is 63.8 Å². The van der Waals surface area contributed by atoms with Crippen molar-refractivity contribution in [2.45, 2.75) is 19.5 Å². The summed E-state index contributed by atoms with van der Waals surface area (Å²) in [5, 5.41) is 6.58. The van der Waals surface area contributed by atoms with E-state index in [0.29, 0.717) is 12.1 Å². The highest BCUT2D eigenvalue weighted by Gasteiger charge is 2.22. The van der Waals surface area contributed by atoms with Crippen molar-refractivity contribution >= 4 is 11.7 Å². The lowest BCUT2D eigenvalue weighted by atomic mass is 10.0. The number of aryl methyl sites for hydroxylation is 1. The monoisotopic (exact) mass is 386 g/mol. The van der Waals surface area contributed by atoms with Gasteiger partial charge in [-0.15, -0.1) is 0 Å². The highest BCUT2D eigenvalue weighted by Crippen LogP contribution is 2.21. The maximum atomic E-state index is 12.7. The van der Waals surface area contributed by atoms with Crippen LogP contribution in [0, 0.1) is 6.92 Å². The number of rotatable bonds is 5. The average Bonchev–Trinajstić information content (AvgIpc) is 2.78. The molecule has 1 aliphatic heterocycles. The van der Waals surface area contributed by atoms with Gasteiger partial charge in [0.05, 0.1) is 0 Å². The lowest BCUT2D eigenvalue weighted by molar-refractivity contribution is 0.0951. The van der Waals surface area contributed by atoms with Gasteiger partial charge in [0.25, 0.3) is 5.91 Å². The number of nitrogens with zero attached hydrogens (tertiary/aromatic N) is 2. The van der Waals surface area contributed by atoms with Crippen molar-refractivity contribution in [1.82, 2.24) is 15.6 Å². The summed E-state index contributed by atoms with van der Waals surface area (Å²) < 4.78 is 0. The molecule has 1 amide bonds. The molecule has 0 spiro atoms. The Balaban J connectivity index is 1.43. The molecule has 5 nitrogen and oxygen atoms in total. The summed E-state index contributed by atoms with van der Waals surface area (Å²) in [5.74, 6) is 0.764. The zero-order chi connectivity index (χ0) is 20.1. The van der Waals surface area contributed by atoms with Crippen LogP contribution in [-0.2, 0) is 6.54 Å².